The Labute approximate surface area is 143 Å². The highest BCUT2D eigenvalue weighted by molar-refractivity contribution is 7.13. The van der Waals surface area contributed by atoms with Gasteiger partial charge in [0, 0.05) is 30.7 Å². The van der Waals surface area contributed by atoms with Crippen molar-refractivity contribution in [3.05, 3.63) is 51.4 Å². The molecule has 1 N–H and O–H groups in total. The highest BCUT2D eigenvalue weighted by Gasteiger charge is 2.12. The van der Waals surface area contributed by atoms with Gasteiger partial charge in [-0.3, -0.25) is 4.79 Å². The average Bonchev–Trinajstić information content (AvgIpc) is 2.85. The molecule has 0 saturated heterocycles. The molecule has 0 aliphatic heterocycles. The second kappa shape index (κ2) is 6.45. The molecule has 3 aromatic rings. The Morgan fingerprint density at radius 3 is 2.71 bits per heavy atom. The molecular formula is C17H18N4O2S. The third kappa shape index (κ3) is 3.03. The topological polar surface area (TPSA) is 69.0 Å². The van der Waals surface area contributed by atoms with Crippen molar-refractivity contribution in [2.45, 2.75) is 13.8 Å². The molecule has 0 amide bonds. The van der Waals surface area contributed by atoms with Gasteiger partial charge in [0.25, 0.3) is 0 Å². The molecule has 2 heterocycles. The number of thiazole rings is 1. The van der Waals surface area contributed by atoms with Crippen molar-refractivity contribution in [2.24, 2.45) is 7.05 Å². The molecular weight excluding hydrogens is 324 g/mol. The lowest BCUT2D eigenvalue weighted by Crippen LogP contribution is -2.08. The number of methoxy groups -OCH3 is 1. The lowest BCUT2D eigenvalue weighted by molar-refractivity contribution is 0.415. The smallest absolute Gasteiger partial charge is 0.307 e. The van der Waals surface area contributed by atoms with E-state index in [1.807, 2.05) is 38.1 Å². The van der Waals surface area contributed by atoms with Crippen molar-refractivity contribution < 1.29 is 4.74 Å². The van der Waals surface area contributed by atoms with Gasteiger partial charge in [0.05, 0.1) is 17.7 Å². The van der Waals surface area contributed by atoms with Crippen LogP contribution in [-0.4, -0.2) is 21.6 Å². The summed E-state index contributed by atoms with van der Waals surface area (Å²) in [5.41, 5.74) is 3.57. The van der Waals surface area contributed by atoms with Crippen molar-refractivity contribution >= 4 is 23.0 Å². The number of nitrogens with one attached hydrogen (secondary N) is 1. The van der Waals surface area contributed by atoms with E-state index in [4.69, 9.17) is 4.74 Å². The SMILES string of the molecule is COc1ccc(C)c(Nc2nccc(-c3sc(=O)n(C)c3C)n2)c1. The van der Waals surface area contributed by atoms with Gasteiger partial charge in [-0.05, 0) is 31.5 Å². The van der Waals surface area contributed by atoms with E-state index >= 15 is 0 Å². The molecule has 0 atom stereocenters. The quantitative estimate of drug-likeness (QED) is 0.788. The average molecular weight is 342 g/mol. The molecule has 0 bridgehead atoms. The molecule has 6 nitrogen and oxygen atoms in total. The molecule has 2 aromatic heterocycles. The Bertz CT molecular complexity index is 946. The van der Waals surface area contributed by atoms with Gasteiger partial charge in [-0.1, -0.05) is 17.4 Å². The maximum absolute atomic E-state index is 11.8. The number of hydrogen-bond donors (Lipinski definition) is 1. The molecule has 0 unspecified atom stereocenters. The van der Waals surface area contributed by atoms with Crippen molar-refractivity contribution in [1.29, 1.82) is 0 Å². The van der Waals surface area contributed by atoms with Crippen LogP contribution in [-0.2, 0) is 7.05 Å². The van der Waals surface area contributed by atoms with Crippen LogP contribution in [0.5, 0.6) is 5.75 Å². The number of nitrogens with zero attached hydrogens (tertiary/aromatic N) is 3. The zero-order valence-electron chi connectivity index (χ0n) is 14.0. The minimum Gasteiger partial charge on any atom is -0.497 e. The first-order valence-electron chi connectivity index (χ1n) is 7.41. The van der Waals surface area contributed by atoms with E-state index in [0.29, 0.717) is 5.95 Å². The van der Waals surface area contributed by atoms with E-state index in [1.54, 1.807) is 24.9 Å². The van der Waals surface area contributed by atoms with Gasteiger partial charge >= 0.3 is 4.87 Å². The minimum absolute atomic E-state index is 0.000684. The Balaban J connectivity index is 1.97. The van der Waals surface area contributed by atoms with Crippen molar-refractivity contribution in [3.8, 4) is 16.3 Å². The van der Waals surface area contributed by atoms with Gasteiger partial charge in [-0.2, -0.15) is 0 Å². The van der Waals surface area contributed by atoms with Gasteiger partial charge in [0.2, 0.25) is 5.95 Å². The van der Waals surface area contributed by atoms with Crippen molar-refractivity contribution in [2.75, 3.05) is 12.4 Å². The summed E-state index contributed by atoms with van der Waals surface area (Å²) >= 11 is 1.19. The number of benzene rings is 1. The summed E-state index contributed by atoms with van der Waals surface area (Å²) < 4.78 is 6.88. The summed E-state index contributed by atoms with van der Waals surface area (Å²) in [6.07, 6.45) is 1.68. The lowest BCUT2D eigenvalue weighted by Gasteiger charge is -2.10. The van der Waals surface area contributed by atoms with Crippen LogP contribution in [0.2, 0.25) is 0 Å². The largest absolute Gasteiger partial charge is 0.497 e. The van der Waals surface area contributed by atoms with E-state index < -0.39 is 0 Å². The van der Waals surface area contributed by atoms with E-state index in [2.05, 4.69) is 15.3 Å². The fraction of sp³-hybridized carbons (Fsp3) is 0.235. The first-order valence-corrected chi connectivity index (χ1v) is 8.22. The number of aromatic nitrogens is 3. The number of rotatable bonds is 4. The fourth-order valence-electron chi connectivity index (χ4n) is 2.29. The zero-order valence-corrected chi connectivity index (χ0v) is 14.8. The fourth-order valence-corrected chi connectivity index (χ4v) is 3.24. The van der Waals surface area contributed by atoms with Crippen LogP contribution in [0.15, 0.2) is 35.3 Å². The van der Waals surface area contributed by atoms with Crippen LogP contribution in [0.25, 0.3) is 10.6 Å². The number of hydrogen-bond acceptors (Lipinski definition) is 6. The van der Waals surface area contributed by atoms with E-state index in [9.17, 15) is 4.79 Å². The predicted molar refractivity (Wildman–Crippen MR) is 96.3 cm³/mol. The molecule has 0 saturated carbocycles. The highest BCUT2D eigenvalue weighted by atomic mass is 32.1. The number of aryl methyl sites for hydroxylation is 1. The summed E-state index contributed by atoms with van der Waals surface area (Å²) in [6.45, 7) is 3.91. The van der Waals surface area contributed by atoms with E-state index in [0.717, 1.165) is 33.3 Å². The number of anilines is 2. The standard InChI is InChI=1S/C17H18N4O2S/c1-10-5-6-12(23-4)9-14(10)20-16-18-8-7-13(19-16)15-11(2)21(3)17(22)24-15/h5-9H,1-4H3,(H,18,19,20). The zero-order chi connectivity index (χ0) is 17.3. The molecule has 0 aliphatic rings. The first kappa shape index (κ1) is 16.2. The summed E-state index contributed by atoms with van der Waals surface area (Å²) in [5, 5.41) is 3.22. The molecule has 1 aromatic carbocycles. The molecule has 124 valence electrons. The normalized spacial score (nSPS) is 10.7. The van der Waals surface area contributed by atoms with Crippen molar-refractivity contribution in [3.63, 3.8) is 0 Å². The van der Waals surface area contributed by atoms with Gasteiger partial charge < -0.3 is 14.6 Å². The molecule has 24 heavy (non-hydrogen) atoms. The summed E-state index contributed by atoms with van der Waals surface area (Å²) in [5.74, 6) is 1.24. The molecule has 3 rings (SSSR count). The Morgan fingerprint density at radius 1 is 1.25 bits per heavy atom. The first-order chi connectivity index (χ1) is 11.5. The van der Waals surface area contributed by atoms with Crippen LogP contribution in [0.4, 0.5) is 11.6 Å². The third-order valence-electron chi connectivity index (χ3n) is 3.87. The summed E-state index contributed by atoms with van der Waals surface area (Å²) in [4.78, 5) is 21.5. The van der Waals surface area contributed by atoms with Crippen LogP contribution in [0, 0.1) is 13.8 Å². The second-order valence-electron chi connectivity index (χ2n) is 5.41. The lowest BCUT2D eigenvalue weighted by atomic mass is 10.2. The highest BCUT2D eigenvalue weighted by Crippen LogP contribution is 2.27. The monoisotopic (exact) mass is 342 g/mol. The van der Waals surface area contributed by atoms with Crippen LogP contribution in [0.1, 0.15) is 11.3 Å². The molecule has 0 radical (unpaired) electrons. The van der Waals surface area contributed by atoms with Crippen LogP contribution >= 0.6 is 11.3 Å². The number of ether oxygens (including phenoxy) is 1. The summed E-state index contributed by atoms with van der Waals surface area (Å²) in [6, 6.07) is 7.58. The molecule has 0 fully saturated rings. The van der Waals surface area contributed by atoms with Gasteiger partial charge in [0.15, 0.2) is 0 Å². The maximum atomic E-state index is 11.8. The third-order valence-corrected chi connectivity index (χ3v) is 5.03. The van der Waals surface area contributed by atoms with Crippen LogP contribution < -0.4 is 14.9 Å². The Morgan fingerprint density at radius 2 is 2.04 bits per heavy atom. The Hall–Kier alpha value is -2.67. The van der Waals surface area contributed by atoms with E-state index in [1.165, 1.54) is 11.3 Å². The molecule has 0 spiro atoms. The van der Waals surface area contributed by atoms with E-state index in [-0.39, 0.29) is 4.87 Å². The minimum atomic E-state index is -0.000684. The van der Waals surface area contributed by atoms with Crippen molar-refractivity contribution in [1.82, 2.24) is 14.5 Å². The van der Waals surface area contributed by atoms with Crippen LogP contribution in [0.3, 0.4) is 0 Å². The second-order valence-corrected chi connectivity index (χ2v) is 6.37. The Kier molecular flexibility index (Phi) is 4.35. The van der Waals surface area contributed by atoms with Gasteiger partial charge in [-0.25, -0.2) is 9.97 Å². The van der Waals surface area contributed by atoms with Gasteiger partial charge in [-0.15, -0.1) is 0 Å². The van der Waals surface area contributed by atoms with Gasteiger partial charge in [0.1, 0.15) is 5.75 Å². The maximum Gasteiger partial charge on any atom is 0.307 e. The predicted octanol–water partition coefficient (Wildman–Crippen LogP) is 3.27. The molecule has 0 aliphatic carbocycles. The summed E-state index contributed by atoms with van der Waals surface area (Å²) in [7, 11) is 3.39. The molecule has 7 heteroatoms.